The van der Waals surface area contributed by atoms with Gasteiger partial charge in [0.2, 0.25) is 0 Å². The summed E-state index contributed by atoms with van der Waals surface area (Å²) in [4.78, 5) is 24.9. The minimum Gasteiger partial charge on any atom is -0.452 e. The molecule has 0 saturated heterocycles. The lowest BCUT2D eigenvalue weighted by Crippen LogP contribution is -2.41. The molecule has 1 amide bonds. The Hall–Kier alpha value is -1.84. The maximum atomic E-state index is 12.7. The van der Waals surface area contributed by atoms with Crippen molar-refractivity contribution in [2.45, 2.75) is 70.9 Å². The van der Waals surface area contributed by atoms with Crippen LogP contribution in [0.5, 0.6) is 0 Å². The molecule has 1 aliphatic rings. The molecule has 0 bridgehead atoms. The minimum absolute atomic E-state index is 0.157. The van der Waals surface area contributed by atoms with Crippen LogP contribution in [0.1, 0.15) is 64.4 Å². The number of benzene rings is 1. The van der Waals surface area contributed by atoms with Crippen LogP contribution in [0.3, 0.4) is 0 Å². The van der Waals surface area contributed by atoms with Gasteiger partial charge < -0.3 is 10.1 Å². The van der Waals surface area contributed by atoms with Gasteiger partial charge in [0.1, 0.15) is 0 Å². The van der Waals surface area contributed by atoms with Gasteiger partial charge in [0.25, 0.3) is 5.91 Å². The first-order valence-corrected chi connectivity index (χ1v) is 9.08. The Labute approximate surface area is 145 Å². The van der Waals surface area contributed by atoms with Crippen LogP contribution in [-0.4, -0.2) is 24.0 Å². The Bertz CT molecular complexity index is 537. The Balaban J connectivity index is 1.99. The molecule has 3 atom stereocenters. The van der Waals surface area contributed by atoms with Crippen molar-refractivity contribution in [2.24, 2.45) is 5.92 Å². The van der Waals surface area contributed by atoms with Crippen LogP contribution in [0, 0.1) is 5.92 Å². The average molecular weight is 331 g/mol. The minimum atomic E-state index is -0.756. The Kier molecular flexibility index (Phi) is 6.83. The number of hydrogen-bond donors (Lipinski definition) is 1. The van der Waals surface area contributed by atoms with E-state index in [1.54, 1.807) is 6.92 Å². The first kappa shape index (κ1) is 18.5. The van der Waals surface area contributed by atoms with Gasteiger partial charge in [-0.1, -0.05) is 63.4 Å². The number of ether oxygens (including phenoxy) is 1. The second-order valence-electron chi connectivity index (χ2n) is 6.84. The summed E-state index contributed by atoms with van der Waals surface area (Å²) >= 11 is 0. The van der Waals surface area contributed by atoms with E-state index in [1.807, 2.05) is 37.3 Å². The predicted molar refractivity (Wildman–Crippen MR) is 94.6 cm³/mol. The van der Waals surface area contributed by atoms with Crippen molar-refractivity contribution in [3.63, 3.8) is 0 Å². The van der Waals surface area contributed by atoms with E-state index in [0.717, 1.165) is 37.7 Å². The van der Waals surface area contributed by atoms with Crippen LogP contribution in [0.4, 0.5) is 0 Å². The van der Waals surface area contributed by atoms with Gasteiger partial charge in [0, 0.05) is 6.04 Å². The van der Waals surface area contributed by atoms with Crippen molar-refractivity contribution in [3.8, 4) is 0 Å². The molecular formula is C20H29NO3. The summed E-state index contributed by atoms with van der Waals surface area (Å²) in [6, 6.07) is 9.91. The fraction of sp³-hybridized carbons (Fsp3) is 0.600. The molecule has 0 radical (unpaired) electrons. The number of nitrogens with one attached hydrogen (secondary N) is 1. The van der Waals surface area contributed by atoms with Crippen molar-refractivity contribution in [2.75, 3.05) is 0 Å². The highest BCUT2D eigenvalue weighted by Crippen LogP contribution is 2.28. The first-order chi connectivity index (χ1) is 11.5. The van der Waals surface area contributed by atoms with Crippen molar-refractivity contribution >= 4 is 11.9 Å². The van der Waals surface area contributed by atoms with Crippen molar-refractivity contribution in [1.82, 2.24) is 5.32 Å². The Morgan fingerprint density at radius 2 is 1.79 bits per heavy atom. The van der Waals surface area contributed by atoms with Crippen molar-refractivity contribution in [1.29, 1.82) is 0 Å². The molecule has 24 heavy (non-hydrogen) atoms. The number of hydrogen-bond acceptors (Lipinski definition) is 3. The highest BCUT2D eigenvalue weighted by atomic mass is 16.5. The molecule has 4 heteroatoms. The van der Waals surface area contributed by atoms with E-state index < -0.39 is 6.10 Å². The number of rotatable bonds is 7. The van der Waals surface area contributed by atoms with Crippen LogP contribution in [0.15, 0.2) is 30.3 Å². The highest BCUT2D eigenvalue weighted by molar-refractivity contribution is 5.85. The van der Waals surface area contributed by atoms with Gasteiger partial charge in [-0.2, -0.15) is 0 Å². The van der Waals surface area contributed by atoms with E-state index in [2.05, 4.69) is 12.2 Å². The maximum Gasteiger partial charge on any atom is 0.314 e. The van der Waals surface area contributed by atoms with E-state index in [9.17, 15) is 9.59 Å². The van der Waals surface area contributed by atoms with Crippen LogP contribution in [0.2, 0.25) is 0 Å². The lowest BCUT2D eigenvalue weighted by molar-refractivity contribution is -0.157. The zero-order chi connectivity index (χ0) is 17.5. The Morgan fingerprint density at radius 3 is 2.38 bits per heavy atom. The van der Waals surface area contributed by atoms with Crippen molar-refractivity contribution < 1.29 is 14.3 Å². The van der Waals surface area contributed by atoms with Gasteiger partial charge in [-0.3, -0.25) is 9.59 Å². The van der Waals surface area contributed by atoms with Gasteiger partial charge in [-0.15, -0.1) is 0 Å². The normalized spacial score (nSPS) is 18.6. The number of amides is 1. The molecule has 132 valence electrons. The summed E-state index contributed by atoms with van der Waals surface area (Å²) in [5, 5.41) is 2.99. The zero-order valence-electron chi connectivity index (χ0n) is 15.0. The third-order valence-corrected chi connectivity index (χ3v) is 4.99. The molecule has 1 saturated carbocycles. The molecule has 0 unspecified atom stereocenters. The monoisotopic (exact) mass is 331 g/mol. The zero-order valence-corrected chi connectivity index (χ0v) is 15.0. The molecule has 1 aromatic rings. The molecule has 4 nitrogen and oxygen atoms in total. The molecule has 1 aliphatic carbocycles. The van der Waals surface area contributed by atoms with Gasteiger partial charge in [0.05, 0.1) is 5.92 Å². The largest absolute Gasteiger partial charge is 0.452 e. The summed E-state index contributed by atoms with van der Waals surface area (Å²) in [5.41, 5.74) is 0.945. The van der Waals surface area contributed by atoms with Crippen LogP contribution < -0.4 is 5.32 Å². The van der Waals surface area contributed by atoms with E-state index in [0.29, 0.717) is 0 Å². The number of esters is 1. The highest BCUT2D eigenvalue weighted by Gasteiger charge is 2.30. The van der Waals surface area contributed by atoms with Crippen LogP contribution >= 0.6 is 0 Å². The molecule has 1 fully saturated rings. The molecule has 0 aromatic heterocycles. The SMILES string of the molecule is CC[C@@H](C)[C@@H](C(=O)O[C@@H](C)C(=O)NC1CCCC1)c1ccccc1. The smallest absolute Gasteiger partial charge is 0.314 e. The second kappa shape index (κ2) is 8.86. The van der Waals surface area contributed by atoms with Gasteiger partial charge in [-0.05, 0) is 31.2 Å². The molecule has 1 aromatic carbocycles. The fourth-order valence-corrected chi connectivity index (χ4v) is 3.28. The number of carbonyl (C=O) groups excluding carboxylic acids is 2. The summed E-state index contributed by atoms with van der Waals surface area (Å²) in [6.07, 6.45) is 4.47. The molecule has 1 N–H and O–H groups in total. The number of carbonyl (C=O) groups is 2. The maximum absolute atomic E-state index is 12.7. The lowest BCUT2D eigenvalue weighted by Gasteiger charge is -2.24. The van der Waals surface area contributed by atoms with Gasteiger partial charge in [0.15, 0.2) is 6.10 Å². The average Bonchev–Trinajstić information content (AvgIpc) is 3.08. The van der Waals surface area contributed by atoms with Crippen molar-refractivity contribution in [3.05, 3.63) is 35.9 Å². The molecule has 0 spiro atoms. The fourth-order valence-electron chi connectivity index (χ4n) is 3.28. The second-order valence-corrected chi connectivity index (χ2v) is 6.84. The van der Waals surface area contributed by atoms with E-state index in [4.69, 9.17) is 4.74 Å². The summed E-state index contributed by atoms with van der Waals surface area (Å²) in [5.74, 6) is -0.682. The van der Waals surface area contributed by atoms with Crippen LogP contribution in [-0.2, 0) is 14.3 Å². The van der Waals surface area contributed by atoms with E-state index in [-0.39, 0.29) is 29.8 Å². The topological polar surface area (TPSA) is 55.4 Å². The van der Waals surface area contributed by atoms with E-state index in [1.165, 1.54) is 0 Å². The van der Waals surface area contributed by atoms with Gasteiger partial charge in [-0.25, -0.2) is 0 Å². The van der Waals surface area contributed by atoms with Gasteiger partial charge >= 0.3 is 5.97 Å². The molecular weight excluding hydrogens is 302 g/mol. The quantitative estimate of drug-likeness (QED) is 0.773. The third-order valence-electron chi connectivity index (χ3n) is 4.99. The first-order valence-electron chi connectivity index (χ1n) is 9.08. The Morgan fingerprint density at radius 1 is 1.17 bits per heavy atom. The van der Waals surface area contributed by atoms with E-state index >= 15 is 0 Å². The lowest BCUT2D eigenvalue weighted by atomic mass is 9.85. The summed E-state index contributed by atoms with van der Waals surface area (Å²) < 4.78 is 5.51. The standard InChI is InChI=1S/C20H29NO3/c1-4-14(2)18(16-10-6-5-7-11-16)20(23)24-15(3)19(22)21-17-12-8-9-13-17/h5-7,10-11,14-15,17-18H,4,8-9,12-13H2,1-3H3,(H,21,22)/t14-,15+,18-/m1/s1. The van der Waals surface area contributed by atoms with Crippen LogP contribution in [0.25, 0.3) is 0 Å². The third kappa shape index (κ3) is 4.83. The molecule has 0 aliphatic heterocycles. The molecule has 2 rings (SSSR count). The molecule has 0 heterocycles. The predicted octanol–water partition coefficient (Wildman–Crippen LogP) is 3.81. The summed E-state index contributed by atoms with van der Waals surface area (Å²) in [7, 11) is 0. The summed E-state index contributed by atoms with van der Waals surface area (Å²) in [6.45, 7) is 5.76.